The fourth-order valence-electron chi connectivity index (χ4n) is 1.14. The van der Waals surface area contributed by atoms with Gasteiger partial charge in [-0.1, -0.05) is 0 Å². The monoisotopic (exact) mass is 195 g/mol. The lowest BCUT2D eigenvalue weighted by molar-refractivity contribution is 0.201. The largest absolute Gasteiger partial charge is 0.491 e. The molecule has 0 aliphatic heterocycles. The highest BCUT2D eigenvalue weighted by Gasteiger charge is 1.96. The third kappa shape index (κ3) is 3.66. The lowest BCUT2D eigenvalue weighted by Crippen LogP contribution is -2.09. The normalized spacial score (nSPS) is 10.3. The molecule has 0 bridgehead atoms. The summed E-state index contributed by atoms with van der Waals surface area (Å²) in [6, 6.07) is 8.14. The second-order valence-electron chi connectivity index (χ2n) is 3.40. The molecule has 0 saturated heterocycles. The molecule has 0 amide bonds. The number of hydrogen-bond acceptors (Lipinski definition) is 3. The van der Waals surface area contributed by atoms with Crippen LogP contribution in [0.5, 0.6) is 5.75 Å². The van der Waals surface area contributed by atoms with E-state index in [0.29, 0.717) is 12.6 Å². The van der Waals surface area contributed by atoms with Crippen LogP contribution in [0.2, 0.25) is 0 Å². The van der Waals surface area contributed by atoms with E-state index in [-0.39, 0.29) is 6.61 Å². The Morgan fingerprint density at radius 1 is 1.29 bits per heavy atom. The van der Waals surface area contributed by atoms with E-state index < -0.39 is 0 Å². The molecule has 0 spiro atoms. The van der Waals surface area contributed by atoms with Gasteiger partial charge in [-0.2, -0.15) is 0 Å². The highest BCUT2D eigenvalue weighted by molar-refractivity contribution is 5.46. The van der Waals surface area contributed by atoms with Crippen molar-refractivity contribution in [1.82, 2.24) is 0 Å². The van der Waals surface area contributed by atoms with E-state index in [0.717, 1.165) is 11.4 Å². The molecule has 1 aromatic rings. The molecule has 0 atom stereocenters. The lowest BCUT2D eigenvalue weighted by Gasteiger charge is -2.10. The van der Waals surface area contributed by atoms with Crippen molar-refractivity contribution in [2.24, 2.45) is 0 Å². The van der Waals surface area contributed by atoms with Crippen molar-refractivity contribution in [3.8, 4) is 5.75 Å². The Kier molecular flexibility index (Phi) is 4.26. The molecular formula is C11H17NO2. The van der Waals surface area contributed by atoms with E-state index in [9.17, 15) is 0 Å². The summed E-state index contributed by atoms with van der Waals surface area (Å²) in [5.74, 6) is 0.786. The number of ether oxygens (including phenoxy) is 1. The van der Waals surface area contributed by atoms with Crippen molar-refractivity contribution in [2.45, 2.75) is 19.9 Å². The average Bonchev–Trinajstić information content (AvgIpc) is 2.16. The highest BCUT2D eigenvalue weighted by Crippen LogP contribution is 2.15. The molecule has 0 aliphatic rings. The van der Waals surface area contributed by atoms with Crippen molar-refractivity contribution in [1.29, 1.82) is 0 Å². The van der Waals surface area contributed by atoms with Crippen molar-refractivity contribution in [2.75, 3.05) is 18.5 Å². The van der Waals surface area contributed by atoms with E-state index in [1.165, 1.54) is 0 Å². The van der Waals surface area contributed by atoms with Crippen LogP contribution in [-0.2, 0) is 0 Å². The molecule has 0 aliphatic carbocycles. The standard InChI is InChI=1S/C11H17NO2/c1-9(2)12-10-3-5-11(6-4-10)14-8-7-13/h3-6,9,12-13H,7-8H2,1-2H3. The van der Waals surface area contributed by atoms with Crippen LogP contribution in [-0.4, -0.2) is 24.4 Å². The Morgan fingerprint density at radius 3 is 2.43 bits per heavy atom. The zero-order valence-electron chi connectivity index (χ0n) is 8.66. The zero-order chi connectivity index (χ0) is 10.4. The van der Waals surface area contributed by atoms with Gasteiger partial charge < -0.3 is 15.2 Å². The van der Waals surface area contributed by atoms with Gasteiger partial charge in [0.05, 0.1) is 6.61 Å². The number of nitrogens with one attached hydrogen (secondary N) is 1. The van der Waals surface area contributed by atoms with Crippen molar-refractivity contribution in [3.05, 3.63) is 24.3 Å². The molecule has 1 rings (SSSR count). The minimum absolute atomic E-state index is 0.0476. The molecule has 0 fully saturated rings. The fraction of sp³-hybridized carbons (Fsp3) is 0.455. The average molecular weight is 195 g/mol. The van der Waals surface area contributed by atoms with Gasteiger partial charge in [-0.05, 0) is 38.1 Å². The minimum Gasteiger partial charge on any atom is -0.491 e. The van der Waals surface area contributed by atoms with E-state index in [1.54, 1.807) is 0 Å². The van der Waals surface area contributed by atoms with Gasteiger partial charge in [-0.15, -0.1) is 0 Å². The summed E-state index contributed by atoms with van der Waals surface area (Å²) in [7, 11) is 0. The van der Waals surface area contributed by atoms with E-state index >= 15 is 0 Å². The maximum absolute atomic E-state index is 8.56. The van der Waals surface area contributed by atoms with Crippen LogP contribution in [0, 0.1) is 0 Å². The van der Waals surface area contributed by atoms with Gasteiger partial charge in [0.25, 0.3) is 0 Å². The van der Waals surface area contributed by atoms with Gasteiger partial charge in [-0.25, -0.2) is 0 Å². The second-order valence-corrected chi connectivity index (χ2v) is 3.40. The Hall–Kier alpha value is -1.22. The maximum Gasteiger partial charge on any atom is 0.119 e. The molecule has 14 heavy (non-hydrogen) atoms. The second kappa shape index (κ2) is 5.50. The van der Waals surface area contributed by atoms with Crippen LogP contribution in [0.25, 0.3) is 0 Å². The topological polar surface area (TPSA) is 41.5 Å². The van der Waals surface area contributed by atoms with Crippen molar-refractivity contribution < 1.29 is 9.84 Å². The number of aliphatic hydroxyl groups excluding tert-OH is 1. The number of hydrogen-bond donors (Lipinski definition) is 2. The van der Waals surface area contributed by atoms with Crippen LogP contribution in [0.1, 0.15) is 13.8 Å². The summed E-state index contributed by atoms with van der Waals surface area (Å²) < 4.78 is 5.24. The molecule has 0 unspecified atom stereocenters. The summed E-state index contributed by atoms with van der Waals surface area (Å²) >= 11 is 0. The van der Waals surface area contributed by atoms with Crippen LogP contribution in [0.3, 0.4) is 0 Å². The first-order valence-electron chi connectivity index (χ1n) is 4.82. The quantitative estimate of drug-likeness (QED) is 0.753. The maximum atomic E-state index is 8.56. The highest BCUT2D eigenvalue weighted by atomic mass is 16.5. The Balaban J connectivity index is 2.50. The molecule has 0 radical (unpaired) electrons. The van der Waals surface area contributed by atoms with Crippen LogP contribution >= 0.6 is 0 Å². The molecular weight excluding hydrogens is 178 g/mol. The molecule has 0 aromatic heterocycles. The lowest BCUT2D eigenvalue weighted by atomic mass is 10.3. The first kappa shape index (κ1) is 10.9. The molecule has 2 N–H and O–H groups in total. The first-order chi connectivity index (χ1) is 6.72. The number of rotatable bonds is 5. The Morgan fingerprint density at radius 2 is 1.93 bits per heavy atom. The van der Waals surface area contributed by atoms with Gasteiger partial charge in [0.15, 0.2) is 0 Å². The van der Waals surface area contributed by atoms with Crippen LogP contribution in [0.15, 0.2) is 24.3 Å². The van der Waals surface area contributed by atoms with Crippen LogP contribution in [0.4, 0.5) is 5.69 Å². The molecule has 1 aromatic carbocycles. The Labute approximate surface area is 84.7 Å². The molecule has 78 valence electrons. The predicted molar refractivity (Wildman–Crippen MR) is 57.8 cm³/mol. The van der Waals surface area contributed by atoms with Crippen molar-refractivity contribution in [3.63, 3.8) is 0 Å². The third-order valence-electron chi connectivity index (χ3n) is 1.67. The van der Waals surface area contributed by atoms with Gasteiger partial charge >= 0.3 is 0 Å². The zero-order valence-corrected chi connectivity index (χ0v) is 8.66. The summed E-state index contributed by atoms with van der Waals surface area (Å²) in [5.41, 5.74) is 1.08. The van der Waals surface area contributed by atoms with Gasteiger partial charge in [0.2, 0.25) is 0 Å². The third-order valence-corrected chi connectivity index (χ3v) is 1.67. The molecule has 3 nitrogen and oxygen atoms in total. The first-order valence-corrected chi connectivity index (χ1v) is 4.82. The Bertz CT molecular complexity index is 256. The van der Waals surface area contributed by atoms with Crippen LogP contribution < -0.4 is 10.1 Å². The van der Waals surface area contributed by atoms with E-state index in [4.69, 9.17) is 9.84 Å². The van der Waals surface area contributed by atoms with E-state index in [2.05, 4.69) is 19.2 Å². The predicted octanol–water partition coefficient (Wildman–Crippen LogP) is 1.88. The fourth-order valence-corrected chi connectivity index (χ4v) is 1.14. The molecule has 0 heterocycles. The SMILES string of the molecule is CC(C)Nc1ccc(OCCO)cc1. The van der Waals surface area contributed by atoms with Gasteiger partial charge in [0, 0.05) is 11.7 Å². The summed E-state index contributed by atoms with van der Waals surface area (Å²) in [6.07, 6.45) is 0. The summed E-state index contributed by atoms with van der Waals surface area (Å²) in [5, 5.41) is 11.8. The van der Waals surface area contributed by atoms with Gasteiger partial charge in [0.1, 0.15) is 12.4 Å². The molecule has 3 heteroatoms. The number of anilines is 1. The number of aliphatic hydroxyl groups is 1. The summed E-state index contributed by atoms with van der Waals surface area (Å²) in [6.45, 7) is 4.58. The van der Waals surface area contributed by atoms with Gasteiger partial charge in [-0.3, -0.25) is 0 Å². The smallest absolute Gasteiger partial charge is 0.119 e. The summed E-state index contributed by atoms with van der Waals surface area (Å²) in [4.78, 5) is 0. The van der Waals surface area contributed by atoms with Crippen molar-refractivity contribution >= 4 is 5.69 Å². The van der Waals surface area contributed by atoms with E-state index in [1.807, 2.05) is 24.3 Å². The molecule has 0 saturated carbocycles. The minimum atomic E-state index is 0.0476. The number of benzene rings is 1.